The summed E-state index contributed by atoms with van der Waals surface area (Å²) in [5, 5.41) is 4.16. The molecule has 0 atom stereocenters. The highest BCUT2D eigenvalue weighted by Gasteiger charge is 2.10. The van der Waals surface area contributed by atoms with E-state index in [1.165, 1.54) is 11.5 Å². The van der Waals surface area contributed by atoms with Crippen LogP contribution in [0, 0.1) is 0 Å². The van der Waals surface area contributed by atoms with E-state index in [1.54, 1.807) is 0 Å². The van der Waals surface area contributed by atoms with E-state index in [9.17, 15) is 0 Å². The molecule has 0 aliphatic rings. The molecule has 0 aromatic carbocycles. The quantitative estimate of drug-likeness (QED) is 0.753. The Morgan fingerprint density at radius 1 is 1.47 bits per heavy atom. The maximum absolute atomic E-state index is 4.50. The standard InChI is InChI=1S/C10H20N4S/c1-8(2)9-12-10(15-13-9)14(4)7-5-6-11-3/h8,11H,5-7H2,1-4H3. The predicted octanol–water partition coefficient (Wildman–Crippen LogP) is 1.71. The molecule has 0 spiro atoms. The van der Waals surface area contributed by atoms with Crippen LogP contribution in [0.1, 0.15) is 32.0 Å². The Hall–Kier alpha value is -0.680. The molecule has 0 aliphatic heterocycles. The summed E-state index contributed by atoms with van der Waals surface area (Å²) in [5.74, 6) is 1.37. The van der Waals surface area contributed by atoms with Crippen LogP contribution in [0.2, 0.25) is 0 Å². The highest BCUT2D eigenvalue weighted by atomic mass is 32.1. The second-order valence-electron chi connectivity index (χ2n) is 3.97. The van der Waals surface area contributed by atoms with Crippen molar-refractivity contribution in [2.45, 2.75) is 26.2 Å². The minimum absolute atomic E-state index is 0.417. The van der Waals surface area contributed by atoms with Crippen LogP contribution in [0.15, 0.2) is 0 Å². The third-order valence-electron chi connectivity index (χ3n) is 2.19. The average molecular weight is 228 g/mol. The fraction of sp³-hybridized carbons (Fsp3) is 0.800. The molecule has 1 aromatic rings. The Morgan fingerprint density at radius 3 is 2.73 bits per heavy atom. The second-order valence-corrected chi connectivity index (χ2v) is 4.70. The predicted molar refractivity (Wildman–Crippen MR) is 65.8 cm³/mol. The Kier molecular flexibility index (Phi) is 4.98. The van der Waals surface area contributed by atoms with Crippen LogP contribution in [0.4, 0.5) is 5.13 Å². The first-order chi connectivity index (χ1) is 7.15. The van der Waals surface area contributed by atoms with Gasteiger partial charge in [0.1, 0.15) is 5.82 Å². The number of hydrogen-bond donors (Lipinski definition) is 1. The van der Waals surface area contributed by atoms with Crippen LogP contribution in [-0.2, 0) is 0 Å². The first-order valence-corrected chi connectivity index (χ1v) is 6.11. The second kappa shape index (κ2) is 6.02. The summed E-state index contributed by atoms with van der Waals surface area (Å²) < 4.78 is 4.34. The van der Waals surface area contributed by atoms with E-state index in [2.05, 4.69) is 40.5 Å². The van der Waals surface area contributed by atoms with E-state index in [4.69, 9.17) is 0 Å². The van der Waals surface area contributed by atoms with E-state index in [0.29, 0.717) is 5.92 Å². The molecule has 0 amide bonds. The van der Waals surface area contributed by atoms with E-state index in [1.807, 2.05) is 7.05 Å². The fourth-order valence-electron chi connectivity index (χ4n) is 1.20. The summed E-state index contributed by atoms with van der Waals surface area (Å²) in [6, 6.07) is 0. The number of anilines is 1. The summed E-state index contributed by atoms with van der Waals surface area (Å²) in [6.45, 7) is 6.30. The largest absolute Gasteiger partial charge is 0.350 e. The number of hydrogen-bond acceptors (Lipinski definition) is 5. The van der Waals surface area contributed by atoms with Crippen LogP contribution >= 0.6 is 11.5 Å². The molecule has 1 rings (SSSR count). The number of rotatable bonds is 6. The van der Waals surface area contributed by atoms with Crippen molar-refractivity contribution in [3.63, 3.8) is 0 Å². The normalized spacial score (nSPS) is 11.0. The molecule has 0 saturated heterocycles. The fourth-order valence-corrected chi connectivity index (χ4v) is 2.00. The van der Waals surface area contributed by atoms with Crippen LogP contribution in [0.3, 0.4) is 0 Å². The third-order valence-corrected chi connectivity index (χ3v) is 3.04. The molecule has 1 aromatic heterocycles. The van der Waals surface area contributed by atoms with Crippen molar-refractivity contribution in [3.05, 3.63) is 5.82 Å². The minimum atomic E-state index is 0.417. The van der Waals surface area contributed by atoms with E-state index in [0.717, 1.165) is 30.5 Å². The van der Waals surface area contributed by atoms with Gasteiger partial charge in [0.05, 0.1) is 0 Å². The van der Waals surface area contributed by atoms with Crippen LogP contribution in [-0.4, -0.2) is 36.5 Å². The first-order valence-electron chi connectivity index (χ1n) is 5.34. The molecule has 0 saturated carbocycles. The van der Waals surface area contributed by atoms with Crippen LogP contribution in [0.5, 0.6) is 0 Å². The Bertz CT molecular complexity index is 285. The summed E-state index contributed by atoms with van der Waals surface area (Å²) >= 11 is 1.49. The van der Waals surface area contributed by atoms with E-state index in [-0.39, 0.29) is 0 Å². The maximum atomic E-state index is 4.50. The van der Waals surface area contributed by atoms with Crippen molar-refractivity contribution in [3.8, 4) is 0 Å². The highest BCUT2D eigenvalue weighted by Crippen LogP contribution is 2.20. The summed E-state index contributed by atoms with van der Waals surface area (Å²) in [6.07, 6.45) is 1.13. The topological polar surface area (TPSA) is 41.0 Å². The van der Waals surface area contributed by atoms with Gasteiger partial charge in [-0.25, -0.2) is 4.98 Å². The zero-order valence-corrected chi connectivity index (χ0v) is 10.8. The number of nitrogens with one attached hydrogen (secondary N) is 1. The lowest BCUT2D eigenvalue weighted by atomic mass is 10.2. The van der Waals surface area contributed by atoms with Gasteiger partial charge in [0, 0.05) is 31.0 Å². The maximum Gasteiger partial charge on any atom is 0.204 e. The van der Waals surface area contributed by atoms with Gasteiger partial charge in [-0.15, -0.1) is 0 Å². The Labute approximate surface area is 95.9 Å². The molecular weight excluding hydrogens is 208 g/mol. The lowest BCUT2D eigenvalue weighted by molar-refractivity contribution is 0.709. The molecule has 15 heavy (non-hydrogen) atoms. The minimum Gasteiger partial charge on any atom is -0.350 e. The molecule has 4 nitrogen and oxygen atoms in total. The van der Waals surface area contributed by atoms with Gasteiger partial charge >= 0.3 is 0 Å². The molecule has 1 heterocycles. The lowest BCUT2D eigenvalue weighted by Gasteiger charge is -2.14. The van der Waals surface area contributed by atoms with Crippen LogP contribution < -0.4 is 10.2 Å². The van der Waals surface area contributed by atoms with Crippen molar-refractivity contribution >= 4 is 16.7 Å². The molecule has 0 fully saturated rings. The number of aromatic nitrogens is 2. The van der Waals surface area contributed by atoms with Crippen molar-refractivity contribution in [2.24, 2.45) is 0 Å². The highest BCUT2D eigenvalue weighted by molar-refractivity contribution is 7.09. The summed E-state index contributed by atoms with van der Waals surface area (Å²) in [5.41, 5.74) is 0. The third kappa shape index (κ3) is 3.76. The molecule has 0 radical (unpaired) electrons. The zero-order valence-electron chi connectivity index (χ0n) is 9.95. The van der Waals surface area contributed by atoms with Crippen molar-refractivity contribution in [1.29, 1.82) is 0 Å². The molecular formula is C10H20N4S. The molecule has 0 unspecified atom stereocenters. The van der Waals surface area contributed by atoms with Crippen molar-refractivity contribution < 1.29 is 0 Å². The van der Waals surface area contributed by atoms with Gasteiger partial charge in [-0.1, -0.05) is 13.8 Å². The van der Waals surface area contributed by atoms with E-state index < -0.39 is 0 Å². The zero-order chi connectivity index (χ0) is 11.3. The molecule has 5 heteroatoms. The van der Waals surface area contributed by atoms with Gasteiger partial charge in [-0.05, 0) is 20.0 Å². The summed E-state index contributed by atoms with van der Waals surface area (Å²) in [7, 11) is 4.04. The van der Waals surface area contributed by atoms with Crippen molar-refractivity contribution in [2.75, 3.05) is 32.1 Å². The average Bonchev–Trinajstić information content (AvgIpc) is 2.66. The van der Waals surface area contributed by atoms with Gasteiger partial charge in [0.25, 0.3) is 0 Å². The summed E-state index contributed by atoms with van der Waals surface area (Å²) in [4.78, 5) is 6.67. The van der Waals surface area contributed by atoms with Gasteiger partial charge < -0.3 is 10.2 Å². The Balaban J connectivity index is 2.47. The van der Waals surface area contributed by atoms with Gasteiger partial charge in [0.15, 0.2) is 0 Å². The van der Waals surface area contributed by atoms with E-state index >= 15 is 0 Å². The molecule has 0 aliphatic carbocycles. The van der Waals surface area contributed by atoms with Crippen molar-refractivity contribution in [1.82, 2.24) is 14.7 Å². The number of nitrogens with zero attached hydrogens (tertiary/aromatic N) is 3. The van der Waals surface area contributed by atoms with Crippen LogP contribution in [0.25, 0.3) is 0 Å². The molecule has 1 N–H and O–H groups in total. The molecule has 0 bridgehead atoms. The van der Waals surface area contributed by atoms with Gasteiger partial charge in [0.2, 0.25) is 5.13 Å². The monoisotopic (exact) mass is 228 g/mol. The smallest absolute Gasteiger partial charge is 0.204 e. The molecule has 86 valence electrons. The first kappa shape index (κ1) is 12.4. The SMILES string of the molecule is CNCCCN(C)c1nc(C(C)C)ns1. The van der Waals surface area contributed by atoms with Gasteiger partial charge in [-0.3, -0.25) is 0 Å². The Morgan fingerprint density at radius 2 is 2.20 bits per heavy atom. The lowest BCUT2D eigenvalue weighted by Crippen LogP contribution is -2.22. The van der Waals surface area contributed by atoms with Gasteiger partial charge in [-0.2, -0.15) is 4.37 Å².